The van der Waals surface area contributed by atoms with E-state index in [1.54, 1.807) is 16.7 Å². The molecule has 1 amide bonds. The molecule has 30 heavy (non-hydrogen) atoms. The number of amides is 1. The molecule has 4 rings (SSSR count). The molecule has 0 bridgehead atoms. The molecule has 0 radical (unpaired) electrons. The molecule has 2 aromatic carbocycles. The number of anilines is 1. The Morgan fingerprint density at radius 2 is 1.97 bits per heavy atom. The summed E-state index contributed by atoms with van der Waals surface area (Å²) < 4.78 is 7.55. The third kappa shape index (κ3) is 4.90. The monoisotopic (exact) mass is 405 g/mol. The van der Waals surface area contributed by atoms with Crippen LogP contribution in [0, 0.1) is 0 Å². The summed E-state index contributed by atoms with van der Waals surface area (Å²) in [5, 5.41) is 13.3. The van der Waals surface area contributed by atoms with Crippen LogP contribution in [0.5, 0.6) is 5.75 Å². The van der Waals surface area contributed by atoms with Gasteiger partial charge in [0.15, 0.2) is 0 Å². The SMILES string of the molecule is Cn1cccc1C(=O)Nc1cccc(OC[C@H](O)CN2CCc3ccccc3C2)c1. The number of nitrogens with one attached hydrogen (secondary N) is 1. The zero-order valence-electron chi connectivity index (χ0n) is 17.1. The van der Waals surface area contributed by atoms with E-state index in [1.165, 1.54) is 11.1 Å². The number of carbonyl (C=O) groups is 1. The molecule has 1 aromatic heterocycles. The van der Waals surface area contributed by atoms with E-state index in [1.807, 2.05) is 37.5 Å². The van der Waals surface area contributed by atoms with Gasteiger partial charge in [-0.05, 0) is 41.8 Å². The number of ether oxygens (including phenoxy) is 1. The zero-order chi connectivity index (χ0) is 20.9. The molecule has 0 fully saturated rings. The second-order valence-corrected chi connectivity index (χ2v) is 7.70. The van der Waals surface area contributed by atoms with Gasteiger partial charge in [0.25, 0.3) is 5.91 Å². The van der Waals surface area contributed by atoms with Gasteiger partial charge in [0, 0.05) is 44.6 Å². The first-order valence-corrected chi connectivity index (χ1v) is 10.2. The van der Waals surface area contributed by atoms with Crippen LogP contribution in [0.15, 0.2) is 66.9 Å². The lowest BCUT2D eigenvalue weighted by molar-refractivity contribution is 0.0638. The minimum Gasteiger partial charge on any atom is -0.491 e. The summed E-state index contributed by atoms with van der Waals surface area (Å²) >= 11 is 0. The topological polar surface area (TPSA) is 66.7 Å². The van der Waals surface area contributed by atoms with Crippen LogP contribution in [0.2, 0.25) is 0 Å². The average molecular weight is 405 g/mol. The van der Waals surface area contributed by atoms with Crippen LogP contribution in [0.25, 0.3) is 0 Å². The van der Waals surface area contributed by atoms with Gasteiger partial charge in [0.05, 0.1) is 0 Å². The van der Waals surface area contributed by atoms with Crippen molar-refractivity contribution in [1.29, 1.82) is 0 Å². The highest BCUT2D eigenvalue weighted by molar-refractivity contribution is 6.03. The number of rotatable bonds is 7. The van der Waals surface area contributed by atoms with Crippen molar-refractivity contribution in [1.82, 2.24) is 9.47 Å². The quantitative estimate of drug-likeness (QED) is 0.634. The van der Waals surface area contributed by atoms with Gasteiger partial charge in [-0.1, -0.05) is 30.3 Å². The lowest BCUT2D eigenvalue weighted by atomic mass is 10.00. The highest BCUT2D eigenvalue weighted by Crippen LogP contribution is 2.20. The van der Waals surface area contributed by atoms with Crippen molar-refractivity contribution in [3.8, 4) is 5.75 Å². The molecule has 1 atom stereocenters. The van der Waals surface area contributed by atoms with Crippen molar-refractivity contribution in [2.45, 2.75) is 19.1 Å². The number of nitrogens with zero attached hydrogens (tertiary/aromatic N) is 2. The number of β-amino-alcohol motifs (C(OH)–C–C–N with tert-alkyl or cyclic N) is 1. The van der Waals surface area contributed by atoms with Gasteiger partial charge in [-0.25, -0.2) is 0 Å². The normalized spacial score (nSPS) is 14.7. The van der Waals surface area contributed by atoms with Crippen molar-refractivity contribution in [3.63, 3.8) is 0 Å². The summed E-state index contributed by atoms with van der Waals surface area (Å²) in [5.41, 5.74) is 3.97. The Bertz CT molecular complexity index is 1010. The molecular weight excluding hydrogens is 378 g/mol. The van der Waals surface area contributed by atoms with E-state index >= 15 is 0 Å². The maximum absolute atomic E-state index is 12.4. The summed E-state index contributed by atoms with van der Waals surface area (Å²) in [6.07, 6.45) is 2.25. The number of hydrogen-bond donors (Lipinski definition) is 2. The molecule has 3 aromatic rings. The molecule has 2 heterocycles. The lowest BCUT2D eigenvalue weighted by Gasteiger charge is -2.30. The number of benzene rings is 2. The number of hydrogen-bond acceptors (Lipinski definition) is 4. The summed E-state index contributed by atoms with van der Waals surface area (Å²) in [5.74, 6) is 0.438. The van der Waals surface area contributed by atoms with E-state index in [0.717, 1.165) is 19.5 Å². The minimum atomic E-state index is -0.586. The molecule has 0 spiro atoms. The smallest absolute Gasteiger partial charge is 0.272 e. The van der Waals surface area contributed by atoms with Crippen LogP contribution in [-0.2, 0) is 20.0 Å². The van der Waals surface area contributed by atoms with E-state index < -0.39 is 6.10 Å². The van der Waals surface area contributed by atoms with Gasteiger partial charge in [-0.3, -0.25) is 9.69 Å². The molecule has 0 saturated carbocycles. The number of aryl methyl sites for hydroxylation is 1. The molecule has 0 unspecified atom stereocenters. The maximum atomic E-state index is 12.4. The predicted molar refractivity (Wildman–Crippen MR) is 117 cm³/mol. The first kappa shape index (κ1) is 20.2. The van der Waals surface area contributed by atoms with E-state index in [2.05, 4.69) is 34.5 Å². The molecule has 0 saturated heterocycles. The van der Waals surface area contributed by atoms with E-state index in [9.17, 15) is 9.90 Å². The van der Waals surface area contributed by atoms with Gasteiger partial charge >= 0.3 is 0 Å². The number of aromatic nitrogens is 1. The molecule has 1 aliphatic rings. The molecule has 2 N–H and O–H groups in total. The Balaban J connectivity index is 1.28. The van der Waals surface area contributed by atoms with E-state index in [0.29, 0.717) is 23.7 Å². The van der Waals surface area contributed by atoms with Crippen LogP contribution in [-0.4, -0.2) is 46.3 Å². The van der Waals surface area contributed by atoms with Gasteiger partial charge < -0.3 is 19.7 Å². The van der Waals surface area contributed by atoms with Crippen molar-refractivity contribution in [2.75, 3.05) is 25.0 Å². The van der Waals surface area contributed by atoms with Gasteiger partial charge in [0.1, 0.15) is 24.2 Å². The molecule has 6 nitrogen and oxygen atoms in total. The average Bonchev–Trinajstić information content (AvgIpc) is 3.18. The molecule has 1 aliphatic heterocycles. The summed E-state index contributed by atoms with van der Waals surface area (Å²) in [7, 11) is 1.83. The Hall–Kier alpha value is -3.09. The van der Waals surface area contributed by atoms with Crippen LogP contribution in [0.3, 0.4) is 0 Å². The number of fused-ring (bicyclic) bond motifs is 1. The van der Waals surface area contributed by atoms with E-state index in [4.69, 9.17) is 4.74 Å². The summed E-state index contributed by atoms with van der Waals surface area (Å²) in [4.78, 5) is 14.6. The fraction of sp³-hybridized carbons (Fsp3) is 0.292. The van der Waals surface area contributed by atoms with Gasteiger partial charge in [-0.15, -0.1) is 0 Å². The van der Waals surface area contributed by atoms with Crippen molar-refractivity contribution in [2.24, 2.45) is 7.05 Å². The number of aliphatic hydroxyl groups is 1. The fourth-order valence-corrected chi connectivity index (χ4v) is 3.81. The lowest BCUT2D eigenvalue weighted by Crippen LogP contribution is -2.38. The summed E-state index contributed by atoms with van der Waals surface area (Å²) in [6, 6.07) is 19.3. The second-order valence-electron chi connectivity index (χ2n) is 7.70. The summed E-state index contributed by atoms with van der Waals surface area (Å²) in [6.45, 7) is 2.56. The number of carbonyl (C=O) groups excluding carboxylic acids is 1. The van der Waals surface area contributed by atoms with Crippen molar-refractivity contribution < 1.29 is 14.6 Å². The first-order valence-electron chi connectivity index (χ1n) is 10.2. The van der Waals surface area contributed by atoms with Crippen LogP contribution in [0.4, 0.5) is 5.69 Å². The molecule has 0 aliphatic carbocycles. The highest BCUT2D eigenvalue weighted by Gasteiger charge is 2.18. The van der Waals surface area contributed by atoms with Gasteiger partial charge in [0.2, 0.25) is 0 Å². The first-order chi connectivity index (χ1) is 14.6. The molecule has 156 valence electrons. The third-order valence-electron chi connectivity index (χ3n) is 5.39. The van der Waals surface area contributed by atoms with E-state index in [-0.39, 0.29) is 12.5 Å². The Morgan fingerprint density at radius 3 is 2.77 bits per heavy atom. The standard InChI is InChI=1S/C24H27N3O3/c1-26-12-5-10-23(26)24(29)25-20-8-4-9-22(14-20)30-17-21(28)16-27-13-11-18-6-2-3-7-19(18)15-27/h2-10,12,14,21,28H,11,13,15-17H2,1H3,(H,25,29)/t21-/m1/s1. The molecule has 6 heteroatoms. The van der Waals surface area contributed by atoms with Gasteiger partial charge in [-0.2, -0.15) is 0 Å². The maximum Gasteiger partial charge on any atom is 0.272 e. The third-order valence-corrected chi connectivity index (χ3v) is 5.39. The number of aliphatic hydroxyl groups excluding tert-OH is 1. The predicted octanol–water partition coefficient (Wildman–Crippen LogP) is 3.08. The molecular formula is C24H27N3O3. The van der Waals surface area contributed by atoms with Crippen LogP contribution in [0.1, 0.15) is 21.6 Å². The van der Waals surface area contributed by atoms with Crippen molar-refractivity contribution >= 4 is 11.6 Å². The van der Waals surface area contributed by atoms with Crippen molar-refractivity contribution in [3.05, 3.63) is 83.7 Å². The minimum absolute atomic E-state index is 0.176. The van der Waals surface area contributed by atoms with Crippen LogP contribution >= 0.6 is 0 Å². The highest BCUT2D eigenvalue weighted by atomic mass is 16.5. The Kier molecular flexibility index (Phi) is 6.16. The largest absolute Gasteiger partial charge is 0.491 e. The van der Waals surface area contributed by atoms with Crippen LogP contribution < -0.4 is 10.1 Å². The Labute approximate surface area is 176 Å². The second kappa shape index (κ2) is 9.15. The zero-order valence-corrected chi connectivity index (χ0v) is 17.1. The Morgan fingerprint density at radius 1 is 1.13 bits per heavy atom. The fourth-order valence-electron chi connectivity index (χ4n) is 3.81.